The lowest BCUT2D eigenvalue weighted by atomic mass is 9.98. The molecule has 4 rings (SSSR count). The van der Waals surface area contributed by atoms with E-state index in [0.717, 1.165) is 17.2 Å². The third kappa shape index (κ3) is 2.58. The lowest BCUT2D eigenvalue weighted by Gasteiger charge is -2.22. The van der Waals surface area contributed by atoms with Crippen molar-refractivity contribution in [3.63, 3.8) is 0 Å². The number of benzene rings is 1. The van der Waals surface area contributed by atoms with Gasteiger partial charge in [-0.15, -0.1) is 11.3 Å². The number of nitrogens with zero attached hydrogens (tertiary/aromatic N) is 1. The van der Waals surface area contributed by atoms with Gasteiger partial charge in [-0.1, -0.05) is 18.2 Å². The zero-order valence-electron chi connectivity index (χ0n) is 12.4. The normalized spacial score (nSPS) is 20.9. The van der Waals surface area contributed by atoms with E-state index in [2.05, 4.69) is 42.3 Å². The summed E-state index contributed by atoms with van der Waals surface area (Å²) in [6.07, 6.45) is 5.40. The maximum absolute atomic E-state index is 6.24. The van der Waals surface area contributed by atoms with Gasteiger partial charge in [0.1, 0.15) is 16.4 Å². The number of nitrogens with one attached hydrogen (secondary N) is 1. The largest absolute Gasteiger partial charge is 0.487 e. The molecule has 0 radical (unpaired) electrons. The van der Waals surface area contributed by atoms with E-state index in [4.69, 9.17) is 4.74 Å². The summed E-state index contributed by atoms with van der Waals surface area (Å²) in [6, 6.07) is 7.30. The Balaban J connectivity index is 1.75. The summed E-state index contributed by atoms with van der Waals surface area (Å²) >= 11 is 1.71. The van der Waals surface area contributed by atoms with Crippen molar-refractivity contribution >= 4 is 11.3 Å². The monoisotopic (exact) mass is 300 g/mol. The number of thiazole rings is 1. The van der Waals surface area contributed by atoms with Gasteiger partial charge in [0.05, 0.1) is 6.04 Å². The zero-order valence-corrected chi connectivity index (χ0v) is 13.2. The molecule has 1 saturated carbocycles. The smallest absolute Gasteiger partial charge is 0.128 e. The van der Waals surface area contributed by atoms with Gasteiger partial charge in [0.15, 0.2) is 0 Å². The molecule has 0 amide bonds. The molecular formula is C17H20N2OS. The molecule has 110 valence electrons. The third-order valence-corrected chi connectivity index (χ3v) is 4.95. The van der Waals surface area contributed by atoms with Crippen molar-refractivity contribution in [2.24, 2.45) is 0 Å². The highest BCUT2D eigenvalue weighted by Gasteiger charge is 2.35. The molecule has 1 aliphatic carbocycles. The molecule has 1 atom stereocenters. The highest BCUT2D eigenvalue weighted by molar-refractivity contribution is 7.09. The van der Waals surface area contributed by atoms with Crippen LogP contribution >= 0.6 is 11.3 Å². The van der Waals surface area contributed by atoms with E-state index in [1.54, 1.807) is 11.3 Å². The van der Waals surface area contributed by atoms with Gasteiger partial charge in [-0.2, -0.15) is 0 Å². The Morgan fingerprint density at radius 3 is 2.95 bits per heavy atom. The first-order valence-electron chi connectivity index (χ1n) is 7.59. The van der Waals surface area contributed by atoms with Gasteiger partial charge in [0, 0.05) is 29.6 Å². The number of fused-ring (bicyclic) bond motifs is 1. The number of ether oxygens (including phenoxy) is 1. The van der Waals surface area contributed by atoms with Crippen LogP contribution in [0.1, 0.15) is 48.9 Å². The van der Waals surface area contributed by atoms with Crippen LogP contribution in [-0.4, -0.2) is 16.6 Å². The van der Waals surface area contributed by atoms with Crippen LogP contribution in [0.25, 0.3) is 0 Å². The first-order chi connectivity index (χ1) is 10.1. The molecule has 21 heavy (non-hydrogen) atoms. The minimum absolute atomic E-state index is 0.106. The van der Waals surface area contributed by atoms with Crippen LogP contribution in [0.15, 0.2) is 29.8 Å². The van der Waals surface area contributed by atoms with Gasteiger partial charge < -0.3 is 10.1 Å². The van der Waals surface area contributed by atoms with Crippen LogP contribution in [0.2, 0.25) is 0 Å². The Morgan fingerprint density at radius 1 is 1.38 bits per heavy atom. The first-order valence-corrected chi connectivity index (χ1v) is 8.47. The summed E-state index contributed by atoms with van der Waals surface area (Å²) in [4.78, 5) is 4.54. The van der Waals surface area contributed by atoms with Crippen LogP contribution < -0.4 is 10.1 Å². The molecule has 0 spiro atoms. The molecular weight excluding hydrogens is 280 g/mol. The summed E-state index contributed by atoms with van der Waals surface area (Å²) in [7, 11) is 0. The van der Waals surface area contributed by atoms with Gasteiger partial charge in [-0.25, -0.2) is 4.98 Å². The van der Waals surface area contributed by atoms with E-state index in [1.807, 2.05) is 11.6 Å². The lowest BCUT2D eigenvalue weighted by Crippen LogP contribution is -2.27. The maximum Gasteiger partial charge on any atom is 0.128 e. The minimum atomic E-state index is -0.106. The van der Waals surface area contributed by atoms with Gasteiger partial charge in [0.25, 0.3) is 0 Å². The van der Waals surface area contributed by atoms with Crippen LogP contribution in [0.5, 0.6) is 5.75 Å². The summed E-state index contributed by atoms with van der Waals surface area (Å²) in [5, 5.41) is 6.91. The topological polar surface area (TPSA) is 34.2 Å². The van der Waals surface area contributed by atoms with Crippen molar-refractivity contribution in [3.8, 4) is 5.75 Å². The average molecular weight is 300 g/mol. The van der Waals surface area contributed by atoms with E-state index in [0.29, 0.717) is 6.04 Å². The lowest BCUT2D eigenvalue weighted by molar-refractivity contribution is 0.136. The molecule has 2 heterocycles. The van der Waals surface area contributed by atoms with Crippen molar-refractivity contribution in [1.29, 1.82) is 0 Å². The van der Waals surface area contributed by atoms with Gasteiger partial charge >= 0.3 is 0 Å². The predicted molar refractivity (Wildman–Crippen MR) is 85.0 cm³/mol. The molecule has 0 bridgehead atoms. The molecule has 1 aliphatic heterocycles. The average Bonchev–Trinajstić information content (AvgIpc) is 2.98. The molecule has 0 saturated heterocycles. The second-order valence-corrected chi connectivity index (χ2v) is 7.54. The highest BCUT2D eigenvalue weighted by Crippen LogP contribution is 2.42. The number of rotatable bonds is 4. The van der Waals surface area contributed by atoms with Crippen molar-refractivity contribution in [1.82, 2.24) is 10.3 Å². The Morgan fingerprint density at radius 2 is 2.24 bits per heavy atom. The maximum atomic E-state index is 6.24. The molecule has 1 aromatic heterocycles. The molecule has 1 N–H and O–H groups in total. The zero-order chi connectivity index (χ0) is 14.4. The third-order valence-electron chi connectivity index (χ3n) is 4.11. The van der Waals surface area contributed by atoms with Crippen molar-refractivity contribution in [2.75, 3.05) is 0 Å². The van der Waals surface area contributed by atoms with Crippen LogP contribution in [-0.2, 0) is 6.42 Å². The fourth-order valence-electron chi connectivity index (χ4n) is 3.02. The van der Waals surface area contributed by atoms with Crippen LogP contribution in [0.3, 0.4) is 0 Å². The molecule has 4 heteroatoms. The highest BCUT2D eigenvalue weighted by atomic mass is 32.1. The standard InChI is InChI=1S/C17H20N2OS/c1-17(2)10-11-4-3-5-13(15(11)20-17)14(19-12-6-7-12)16-18-8-9-21-16/h3-5,8-9,12,14,19H,6-7,10H2,1-2H3. The number of hydrogen-bond acceptors (Lipinski definition) is 4. The molecule has 1 unspecified atom stereocenters. The molecule has 3 nitrogen and oxygen atoms in total. The van der Waals surface area contributed by atoms with Gasteiger partial charge in [-0.05, 0) is 32.3 Å². The second-order valence-electron chi connectivity index (χ2n) is 6.62. The summed E-state index contributed by atoms with van der Waals surface area (Å²) in [5.74, 6) is 1.07. The van der Waals surface area contributed by atoms with Crippen molar-refractivity contribution in [2.45, 2.75) is 50.8 Å². The fourth-order valence-corrected chi connectivity index (χ4v) is 3.74. The number of para-hydroxylation sites is 1. The van der Waals surface area contributed by atoms with E-state index in [1.165, 1.54) is 24.0 Å². The molecule has 1 aromatic carbocycles. The van der Waals surface area contributed by atoms with Crippen LogP contribution in [0, 0.1) is 0 Å². The van der Waals surface area contributed by atoms with E-state index < -0.39 is 0 Å². The van der Waals surface area contributed by atoms with Crippen molar-refractivity contribution < 1.29 is 4.74 Å². The predicted octanol–water partition coefficient (Wildman–Crippen LogP) is 3.70. The first kappa shape index (κ1) is 13.3. The Labute approximate surface area is 129 Å². The molecule has 1 fully saturated rings. The Hall–Kier alpha value is -1.39. The summed E-state index contributed by atoms with van der Waals surface area (Å²) in [6.45, 7) is 4.31. The Bertz CT molecular complexity index is 647. The van der Waals surface area contributed by atoms with E-state index >= 15 is 0 Å². The fraction of sp³-hybridized carbons (Fsp3) is 0.471. The summed E-state index contributed by atoms with van der Waals surface area (Å²) < 4.78 is 6.24. The quantitative estimate of drug-likeness (QED) is 0.935. The number of hydrogen-bond donors (Lipinski definition) is 1. The Kier molecular flexibility index (Phi) is 3.05. The second kappa shape index (κ2) is 4.82. The number of aromatic nitrogens is 1. The minimum Gasteiger partial charge on any atom is -0.487 e. The van der Waals surface area contributed by atoms with Crippen molar-refractivity contribution in [3.05, 3.63) is 45.9 Å². The summed E-state index contributed by atoms with van der Waals surface area (Å²) in [5.41, 5.74) is 2.45. The van der Waals surface area contributed by atoms with E-state index in [-0.39, 0.29) is 11.6 Å². The SMILES string of the molecule is CC1(C)Cc2cccc(C(NC3CC3)c3nccs3)c2O1. The molecule has 2 aromatic rings. The molecule has 2 aliphatic rings. The van der Waals surface area contributed by atoms with Gasteiger partial charge in [-0.3, -0.25) is 0 Å². The van der Waals surface area contributed by atoms with Gasteiger partial charge in [0.2, 0.25) is 0 Å². The van der Waals surface area contributed by atoms with E-state index in [9.17, 15) is 0 Å². The van der Waals surface area contributed by atoms with Crippen LogP contribution in [0.4, 0.5) is 0 Å².